The number of hydrogen-bond donors (Lipinski definition) is 2. The van der Waals surface area contributed by atoms with Gasteiger partial charge in [-0.3, -0.25) is 4.79 Å². The monoisotopic (exact) mass is 130 g/mol. The van der Waals surface area contributed by atoms with Crippen molar-refractivity contribution in [2.45, 2.75) is 13.8 Å². The molecule has 1 fully saturated rings. The third-order valence-electron chi connectivity index (χ3n) is 1.18. The Morgan fingerprint density at radius 3 is 2.00 bits per heavy atom. The minimum Gasteiger partial charge on any atom is -0.369 e. The molecule has 1 heterocycles. The highest BCUT2D eigenvalue weighted by atomic mass is 16.1. The number of hydrogen-bond acceptors (Lipinski definition) is 2. The first-order valence-corrected chi connectivity index (χ1v) is 3.31. The predicted molar refractivity (Wildman–Crippen MR) is 36.9 cm³/mol. The largest absolute Gasteiger partial charge is 0.369 e. The molecule has 54 valence electrons. The van der Waals surface area contributed by atoms with Crippen molar-refractivity contribution in [3.8, 4) is 0 Å². The molecule has 3 heteroatoms. The van der Waals surface area contributed by atoms with Gasteiger partial charge in [0.1, 0.15) is 0 Å². The molecule has 3 nitrogen and oxygen atoms in total. The van der Waals surface area contributed by atoms with Crippen molar-refractivity contribution in [3.05, 3.63) is 0 Å². The van der Waals surface area contributed by atoms with Crippen LogP contribution in [0.25, 0.3) is 0 Å². The van der Waals surface area contributed by atoms with Gasteiger partial charge in [0.15, 0.2) is 0 Å². The van der Waals surface area contributed by atoms with Crippen molar-refractivity contribution in [2.24, 2.45) is 11.7 Å². The lowest BCUT2D eigenvalue weighted by Gasteiger charge is -2.22. The zero-order chi connectivity index (χ0) is 7.28. The van der Waals surface area contributed by atoms with Gasteiger partial charge in [-0.1, -0.05) is 13.8 Å². The fourth-order valence-electron chi connectivity index (χ4n) is 0.490. The molecule has 0 aliphatic carbocycles. The van der Waals surface area contributed by atoms with Gasteiger partial charge < -0.3 is 11.1 Å². The summed E-state index contributed by atoms with van der Waals surface area (Å²) in [6, 6.07) is 0. The molecular weight excluding hydrogens is 116 g/mol. The molecule has 3 N–H and O–H groups in total. The summed E-state index contributed by atoms with van der Waals surface area (Å²) in [5.41, 5.74) is 4.92. The Hall–Kier alpha value is -0.570. The number of primary amides is 1. The van der Waals surface area contributed by atoms with Gasteiger partial charge in [-0.2, -0.15) is 0 Å². The van der Waals surface area contributed by atoms with E-state index in [4.69, 9.17) is 5.73 Å². The minimum atomic E-state index is -0.182. The summed E-state index contributed by atoms with van der Waals surface area (Å²) >= 11 is 0. The van der Waals surface area contributed by atoms with E-state index in [1.54, 1.807) is 0 Å². The second kappa shape index (κ2) is 4.32. The maximum atomic E-state index is 10.2. The van der Waals surface area contributed by atoms with Crippen LogP contribution in [0.4, 0.5) is 0 Å². The fraction of sp³-hybridized carbons (Fsp3) is 0.833. The van der Waals surface area contributed by atoms with Crippen molar-refractivity contribution in [2.75, 3.05) is 13.1 Å². The van der Waals surface area contributed by atoms with E-state index in [-0.39, 0.29) is 11.8 Å². The molecule has 1 rings (SSSR count). The van der Waals surface area contributed by atoms with E-state index in [0.29, 0.717) is 0 Å². The van der Waals surface area contributed by atoms with Crippen molar-refractivity contribution in [1.82, 2.24) is 5.32 Å². The summed E-state index contributed by atoms with van der Waals surface area (Å²) in [5, 5.41) is 2.94. The zero-order valence-electron chi connectivity index (χ0n) is 5.98. The summed E-state index contributed by atoms with van der Waals surface area (Å²) in [7, 11) is 0. The molecule has 0 unspecified atom stereocenters. The van der Waals surface area contributed by atoms with Gasteiger partial charge >= 0.3 is 0 Å². The van der Waals surface area contributed by atoms with E-state index in [0.717, 1.165) is 13.1 Å². The first kappa shape index (κ1) is 8.43. The predicted octanol–water partition coefficient (Wildman–Crippen LogP) is -0.283. The molecule has 0 atom stereocenters. The van der Waals surface area contributed by atoms with Gasteiger partial charge in [0.05, 0.1) is 5.92 Å². The molecule has 9 heavy (non-hydrogen) atoms. The number of carbonyl (C=O) groups is 1. The van der Waals surface area contributed by atoms with Crippen LogP contribution in [0.15, 0.2) is 0 Å². The minimum absolute atomic E-state index is 0.111. The first-order valence-electron chi connectivity index (χ1n) is 3.31. The average molecular weight is 130 g/mol. The maximum Gasteiger partial charge on any atom is 0.223 e. The molecule has 1 aliphatic heterocycles. The normalized spacial score (nSPS) is 17.1. The lowest BCUT2D eigenvalue weighted by molar-refractivity contribution is -0.123. The maximum absolute atomic E-state index is 10.2. The number of nitrogens with one attached hydrogen (secondary N) is 1. The molecule has 0 aromatic rings. The molecular formula is C6H14N2O. The van der Waals surface area contributed by atoms with Crippen LogP contribution in [0.5, 0.6) is 0 Å². The molecule has 0 aromatic heterocycles. The molecule has 0 spiro atoms. The summed E-state index contributed by atoms with van der Waals surface area (Å²) in [5.74, 6) is -0.0706. The van der Waals surface area contributed by atoms with E-state index < -0.39 is 0 Å². The summed E-state index contributed by atoms with van der Waals surface area (Å²) in [6.07, 6.45) is 0. The molecule has 0 radical (unpaired) electrons. The highest BCUT2D eigenvalue weighted by Crippen LogP contribution is 1.98. The van der Waals surface area contributed by atoms with E-state index in [1.165, 1.54) is 0 Å². The fourth-order valence-corrected chi connectivity index (χ4v) is 0.490. The van der Waals surface area contributed by atoms with Crippen molar-refractivity contribution in [3.63, 3.8) is 0 Å². The van der Waals surface area contributed by atoms with Crippen LogP contribution < -0.4 is 11.1 Å². The van der Waals surface area contributed by atoms with Crippen LogP contribution in [-0.4, -0.2) is 19.0 Å². The third-order valence-corrected chi connectivity index (χ3v) is 1.18. The quantitative estimate of drug-likeness (QED) is 0.513. The van der Waals surface area contributed by atoms with Crippen LogP contribution in [0, 0.1) is 5.92 Å². The highest BCUT2D eigenvalue weighted by molar-refractivity contribution is 5.77. The summed E-state index contributed by atoms with van der Waals surface area (Å²) in [6.45, 7) is 5.55. The smallest absolute Gasteiger partial charge is 0.223 e. The number of carbonyl (C=O) groups excluding carboxylic acids is 1. The van der Waals surface area contributed by atoms with Gasteiger partial charge in [-0.05, 0) is 0 Å². The molecule has 0 saturated carbocycles. The van der Waals surface area contributed by atoms with Gasteiger partial charge in [-0.15, -0.1) is 0 Å². The number of amides is 1. The highest BCUT2D eigenvalue weighted by Gasteiger charge is 2.21. The molecule has 1 amide bonds. The van der Waals surface area contributed by atoms with Crippen molar-refractivity contribution in [1.29, 1.82) is 0 Å². The Bertz CT molecular complexity index is 89.1. The van der Waals surface area contributed by atoms with E-state index in [9.17, 15) is 4.79 Å². The number of nitrogens with two attached hydrogens (primary N) is 1. The summed E-state index contributed by atoms with van der Waals surface area (Å²) in [4.78, 5) is 10.2. The average Bonchev–Trinajstić information content (AvgIpc) is 1.65. The second-order valence-electron chi connectivity index (χ2n) is 1.76. The molecule has 0 bridgehead atoms. The topological polar surface area (TPSA) is 55.1 Å². The van der Waals surface area contributed by atoms with Crippen LogP contribution in [0.3, 0.4) is 0 Å². The van der Waals surface area contributed by atoms with Crippen LogP contribution in [-0.2, 0) is 4.79 Å². The van der Waals surface area contributed by atoms with Gasteiger partial charge in [0.25, 0.3) is 0 Å². The van der Waals surface area contributed by atoms with E-state index in [2.05, 4.69) is 5.32 Å². The Kier molecular flexibility index (Phi) is 4.05. The Balaban J connectivity index is 0.000000291. The SMILES string of the molecule is CC.NC(=O)C1CNC1. The molecule has 1 aliphatic rings. The first-order chi connectivity index (χ1) is 4.30. The molecule has 1 saturated heterocycles. The number of rotatable bonds is 1. The zero-order valence-corrected chi connectivity index (χ0v) is 5.98. The molecule has 0 aromatic carbocycles. The van der Waals surface area contributed by atoms with Crippen LogP contribution >= 0.6 is 0 Å². The van der Waals surface area contributed by atoms with Crippen molar-refractivity contribution >= 4 is 5.91 Å². The van der Waals surface area contributed by atoms with Crippen LogP contribution in [0.2, 0.25) is 0 Å². The lowest BCUT2D eigenvalue weighted by Crippen LogP contribution is -2.49. The second-order valence-corrected chi connectivity index (χ2v) is 1.76. The van der Waals surface area contributed by atoms with Gasteiger partial charge in [0, 0.05) is 13.1 Å². The van der Waals surface area contributed by atoms with Crippen molar-refractivity contribution < 1.29 is 4.79 Å². The van der Waals surface area contributed by atoms with Crippen LogP contribution in [0.1, 0.15) is 13.8 Å². The Labute approximate surface area is 55.6 Å². The van der Waals surface area contributed by atoms with E-state index >= 15 is 0 Å². The Morgan fingerprint density at radius 2 is 2.00 bits per heavy atom. The standard InChI is InChI=1S/C4H8N2O.C2H6/c5-4(7)3-1-6-2-3;1-2/h3,6H,1-2H2,(H2,5,7);1-2H3. The third kappa shape index (κ3) is 2.46. The lowest BCUT2D eigenvalue weighted by atomic mass is 10.0. The summed E-state index contributed by atoms with van der Waals surface area (Å²) < 4.78 is 0. The van der Waals surface area contributed by atoms with Gasteiger partial charge in [-0.25, -0.2) is 0 Å². The Morgan fingerprint density at radius 1 is 1.56 bits per heavy atom. The van der Waals surface area contributed by atoms with E-state index in [1.807, 2.05) is 13.8 Å². The van der Waals surface area contributed by atoms with Gasteiger partial charge in [0.2, 0.25) is 5.91 Å².